The van der Waals surface area contributed by atoms with Crippen molar-refractivity contribution in [3.63, 3.8) is 0 Å². The number of nitrogens with zero attached hydrogens (tertiary/aromatic N) is 3. The van der Waals surface area contributed by atoms with Gasteiger partial charge >= 0.3 is 0 Å². The summed E-state index contributed by atoms with van der Waals surface area (Å²) in [5.74, 6) is 0. The van der Waals surface area contributed by atoms with Crippen molar-refractivity contribution >= 4 is 28.3 Å². The van der Waals surface area contributed by atoms with E-state index >= 15 is 0 Å². The summed E-state index contributed by atoms with van der Waals surface area (Å²) in [6.07, 6.45) is 1.46. The summed E-state index contributed by atoms with van der Waals surface area (Å²) < 4.78 is 1.25. The minimum absolute atomic E-state index is 0.257. The van der Waals surface area contributed by atoms with Crippen LogP contribution in [-0.4, -0.2) is 14.5 Å². The van der Waals surface area contributed by atoms with Crippen LogP contribution in [0.2, 0.25) is 5.02 Å². The number of nitrogens with one attached hydrogen (secondary N) is 2. The summed E-state index contributed by atoms with van der Waals surface area (Å²) in [6, 6.07) is 7.98. The first-order valence-electron chi connectivity index (χ1n) is 7.46. The molecule has 0 aromatic carbocycles. The largest absolute Gasteiger partial charge is 0.374 e. The molecule has 1 atom stereocenters. The lowest BCUT2D eigenvalue weighted by Crippen LogP contribution is -2.26. The van der Waals surface area contributed by atoms with Gasteiger partial charge in [0.05, 0.1) is 11.1 Å². The molecule has 2 N–H and O–H groups in total. The van der Waals surface area contributed by atoms with Crippen LogP contribution >= 0.6 is 11.6 Å². The van der Waals surface area contributed by atoms with Crippen molar-refractivity contribution in [1.82, 2.24) is 14.5 Å². The summed E-state index contributed by atoms with van der Waals surface area (Å²) in [7, 11) is 1.52. The number of nitriles is 1. The molecule has 0 saturated heterocycles. The topological polar surface area (TPSA) is 104 Å². The van der Waals surface area contributed by atoms with Gasteiger partial charge in [0, 0.05) is 24.2 Å². The van der Waals surface area contributed by atoms with Gasteiger partial charge in [0.15, 0.2) is 0 Å². The first-order chi connectivity index (χ1) is 11.9. The van der Waals surface area contributed by atoms with Gasteiger partial charge in [-0.2, -0.15) is 5.26 Å². The van der Waals surface area contributed by atoms with Crippen LogP contribution in [0.15, 0.2) is 40.1 Å². The number of H-pyrrole nitrogens is 1. The van der Waals surface area contributed by atoms with E-state index in [0.717, 1.165) is 0 Å². The number of rotatable bonds is 3. The van der Waals surface area contributed by atoms with Crippen LogP contribution in [0.5, 0.6) is 0 Å². The molecule has 7 nitrogen and oxygen atoms in total. The Hall–Kier alpha value is -3.11. The molecule has 0 aliphatic rings. The lowest BCUT2D eigenvalue weighted by atomic mass is 10.1. The quantitative estimate of drug-likeness (QED) is 0.750. The summed E-state index contributed by atoms with van der Waals surface area (Å²) in [6.45, 7) is 1.77. The minimum atomic E-state index is -0.437. The Balaban J connectivity index is 2.01. The summed E-state index contributed by atoms with van der Waals surface area (Å²) >= 11 is 5.95. The van der Waals surface area contributed by atoms with Gasteiger partial charge in [-0.15, -0.1) is 0 Å². The Morgan fingerprint density at radius 2 is 2.12 bits per heavy atom. The second kappa shape index (κ2) is 6.42. The Kier molecular flexibility index (Phi) is 4.30. The second-order valence-electron chi connectivity index (χ2n) is 5.62. The van der Waals surface area contributed by atoms with Gasteiger partial charge in [-0.3, -0.25) is 9.59 Å². The average molecular weight is 356 g/mol. The van der Waals surface area contributed by atoms with Crippen LogP contribution < -0.4 is 16.4 Å². The molecule has 3 heterocycles. The average Bonchev–Trinajstić information content (AvgIpc) is 2.59. The monoisotopic (exact) mass is 355 g/mol. The molecule has 126 valence electrons. The van der Waals surface area contributed by atoms with E-state index in [4.69, 9.17) is 16.9 Å². The first-order valence-corrected chi connectivity index (χ1v) is 7.83. The molecule has 0 saturated carbocycles. The fraction of sp³-hybridized carbons (Fsp3) is 0.176. The molecule has 0 radical (unpaired) electrons. The maximum atomic E-state index is 12.3. The molecule has 3 aromatic rings. The van der Waals surface area contributed by atoms with Gasteiger partial charge in [0.2, 0.25) is 0 Å². The van der Waals surface area contributed by atoms with Gasteiger partial charge < -0.3 is 14.9 Å². The third-order valence-corrected chi connectivity index (χ3v) is 4.15. The standard InChI is InChI=1S/C17H14ClN5O2/c1-9(21-14-4-3-12(7-19)23(2)17(14)25)13-6-10-5-11(18)8-20-15(10)22-16(13)24/h3-6,8-9,21H,1-2H3,(H,20,22,24). The Morgan fingerprint density at radius 3 is 2.84 bits per heavy atom. The smallest absolute Gasteiger partial charge is 0.274 e. The highest BCUT2D eigenvalue weighted by molar-refractivity contribution is 6.31. The van der Waals surface area contributed by atoms with E-state index in [9.17, 15) is 9.59 Å². The third kappa shape index (κ3) is 3.12. The molecular weight excluding hydrogens is 342 g/mol. The minimum Gasteiger partial charge on any atom is -0.374 e. The molecule has 3 rings (SSSR count). The molecule has 8 heteroatoms. The Bertz CT molecular complexity index is 1130. The fourth-order valence-electron chi connectivity index (χ4n) is 2.57. The van der Waals surface area contributed by atoms with Crippen molar-refractivity contribution in [2.45, 2.75) is 13.0 Å². The number of halogens is 1. The molecule has 0 aliphatic heterocycles. The van der Waals surface area contributed by atoms with E-state index in [0.29, 0.717) is 27.3 Å². The van der Waals surface area contributed by atoms with Crippen molar-refractivity contribution in [3.8, 4) is 6.07 Å². The summed E-state index contributed by atoms with van der Waals surface area (Å²) in [4.78, 5) is 31.4. The maximum absolute atomic E-state index is 12.3. The number of hydrogen-bond acceptors (Lipinski definition) is 5. The van der Waals surface area contributed by atoms with Gasteiger partial charge in [-0.05, 0) is 31.2 Å². The number of hydrogen-bond donors (Lipinski definition) is 2. The molecule has 0 aliphatic carbocycles. The fourth-order valence-corrected chi connectivity index (χ4v) is 2.74. The van der Waals surface area contributed by atoms with Crippen molar-refractivity contribution in [2.75, 3.05) is 5.32 Å². The highest BCUT2D eigenvalue weighted by Crippen LogP contribution is 2.19. The molecule has 0 spiro atoms. The number of fused-ring (bicyclic) bond motifs is 1. The van der Waals surface area contributed by atoms with Crippen molar-refractivity contribution in [1.29, 1.82) is 5.26 Å². The number of pyridine rings is 3. The zero-order valence-corrected chi connectivity index (χ0v) is 14.3. The number of anilines is 1. The van der Waals surface area contributed by atoms with Crippen LogP contribution in [0.4, 0.5) is 5.69 Å². The molecule has 0 bridgehead atoms. The first kappa shape index (κ1) is 16.7. The van der Waals surface area contributed by atoms with Crippen LogP contribution in [0.1, 0.15) is 24.2 Å². The molecule has 0 amide bonds. The van der Waals surface area contributed by atoms with E-state index in [1.807, 2.05) is 6.07 Å². The second-order valence-corrected chi connectivity index (χ2v) is 6.06. The van der Waals surface area contributed by atoms with Crippen molar-refractivity contribution < 1.29 is 0 Å². The third-order valence-electron chi connectivity index (χ3n) is 3.95. The van der Waals surface area contributed by atoms with Gasteiger partial charge in [0.25, 0.3) is 11.1 Å². The highest BCUT2D eigenvalue weighted by Gasteiger charge is 2.14. The SMILES string of the molecule is CC(Nc1ccc(C#N)n(C)c1=O)c1cc2cc(Cl)cnc2[nH]c1=O. The molecular formula is C17H14ClN5O2. The predicted molar refractivity (Wildman–Crippen MR) is 95.8 cm³/mol. The lowest BCUT2D eigenvalue weighted by molar-refractivity contribution is 0.818. The molecule has 1 unspecified atom stereocenters. The zero-order chi connectivity index (χ0) is 18.1. The Labute approximate surface area is 147 Å². The van der Waals surface area contributed by atoms with Crippen LogP contribution in [0, 0.1) is 11.3 Å². The van der Waals surface area contributed by atoms with Gasteiger partial charge in [-0.25, -0.2) is 4.98 Å². The number of aromatic nitrogens is 3. The summed E-state index contributed by atoms with van der Waals surface area (Å²) in [5.41, 5.74) is 0.813. The number of aromatic amines is 1. The molecule has 0 fully saturated rings. The van der Waals surface area contributed by atoms with E-state index in [2.05, 4.69) is 15.3 Å². The zero-order valence-electron chi connectivity index (χ0n) is 13.5. The van der Waals surface area contributed by atoms with Crippen molar-refractivity contribution in [2.24, 2.45) is 7.05 Å². The van der Waals surface area contributed by atoms with Crippen LogP contribution in [0.25, 0.3) is 11.0 Å². The Morgan fingerprint density at radius 1 is 1.36 bits per heavy atom. The van der Waals surface area contributed by atoms with Gasteiger partial charge in [-0.1, -0.05) is 11.6 Å². The normalized spacial score (nSPS) is 11.9. The van der Waals surface area contributed by atoms with E-state index in [1.54, 1.807) is 25.1 Å². The van der Waals surface area contributed by atoms with E-state index < -0.39 is 6.04 Å². The predicted octanol–water partition coefficient (Wildman–Crippen LogP) is 2.32. The van der Waals surface area contributed by atoms with Crippen LogP contribution in [0.3, 0.4) is 0 Å². The molecule has 25 heavy (non-hydrogen) atoms. The highest BCUT2D eigenvalue weighted by atomic mass is 35.5. The van der Waals surface area contributed by atoms with Crippen molar-refractivity contribution in [3.05, 3.63) is 67.4 Å². The van der Waals surface area contributed by atoms with Gasteiger partial charge in [0.1, 0.15) is 23.1 Å². The van der Waals surface area contributed by atoms with Crippen LogP contribution in [-0.2, 0) is 7.05 Å². The lowest BCUT2D eigenvalue weighted by Gasteiger charge is -2.16. The van der Waals surface area contributed by atoms with E-state index in [1.165, 1.54) is 23.9 Å². The molecule has 3 aromatic heterocycles. The van der Waals surface area contributed by atoms with E-state index in [-0.39, 0.29) is 16.8 Å². The summed E-state index contributed by atoms with van der Waals surface area (Å²) in [5, 5.41) is 13.1. The maximum Gasteiger partial charge on any atom is 0.274 e.